The van der Waals surface area contributed by atoms with Crippen molar-refractivity contribution in [2.24, 2.45) is 0 Å². The first-order valence-electron chi connectivity index (χ1n) is 7.17. The Morgan fingerprint density at radius 1 is 1.17 bits per heavy atom. The topological polar surface area (TPSA) is 97.5 Å². The molecule has 1 heterocycles. The van der Waals surface area contributed by atoms with Gasteiger partial charge in [-0.3, -0.25) is 4.79 Å². The minimum absolute atomic E-state index is 0.0550. The van der Waals surface area contributed by atoms with Gasteiger partial charge in [0.1, 0.15) is 0 Å². The Morgan fingerprint density at radius 3 is 2.74 bits per heavy atom. The van der Waals surface area contributed by atoms with Crippen LogP contribution in [0.1, 0.15) is 5.56 Å². The minimum atomic E-state index is -3.51. The molecule has 0 fully saturated rings. The van der Waals surface area contributed by atoms with Gasteiger partial charge in [-0.1, -0.05) is 18.2 Å². The number of hydrogen-bond acceptors (Lipinski definition) is 5. The lowest BCUT2D eigenvalue weighted by atomic mass is 10.1. The number of ether oxygens (including phenoxy) is 2. The lowest BCUT2D eigenvalue weighted by Crippen LogP contribution is -2.30. The highest BCUT2D eigenvalue weighted by molar-refractivity contribution is 7.89. The van der Waals surface area contributed by atoms with Gasteiger partial charge in [0.15, 0.2) is 0 Å². The third-order valence-corrected chi connectivity index (χ3v) is 4.53. The molecule has 0 aliphatic heterocycles. The summed E-state index contributed by atoms with van der Waals surface area (Å²) in [6.07, 6.45) is 0. The molecule has 126 valence electrons. The highest BCUT2D eigenvalue weighted by Crippen LogP contribution is 2.10. The quantitative estimate of drug-likeness (QED) is 0.652. The van der Waals surface area contributed by atoms with E-state index in [1.165, 1.54) is 0 Å². The van der Waals surface area contributed by atoms with Gasteiger partial charge in [0, 0.05) is 24.7 Å². The molecule has 0 amide bonds. The molecule has 2 aromatic rings. The van der Waals surface area contributed by atoms with E-state index in [1.807, 2.05) is 18.2 Å². The Hall–Kier alpha value is -1.74. The summed E-state index contributed by atoms with van der Waals surface area (Å²) in [6, 6.07) is 9.01. The summed E-state index contributed by atoms with van der Waals surface area (Å²) in [5.41, 5.74) is 0.783. The second kappa shape index (κ2) is 8.21. The van der Waals surface area contributed by atoms with Crippen LogP contribution in [0.25, 0.3) is 10.9 Å². The van der Waals surface area contributed by atoms with E-state index in [-0.39, 0.29) is 24.5 Å². The minimum Gasteiger partial charge on any atom is -0.382 e. The molecule has 7 nitrogen and oxygen atoms in total. The molecule has 0 aliphatic rings. The van der Waals surface area contributed by atoms with E-state index in [0.29, 0.717) is 18.8 Å². The third-order valence-electron chi connectivity index (χ3n) is 3.24. The van der Waals surface area contributed by atoms with Crippen LogP contribution in [0, 0.1) is 0 Å². The Morgan fingerprint density at radius 2 is 1.96 bits per heavy atom. The number of H-pyrrole nitrogens is 1. The molecule has 0 unspecified atom stereocenters. The number of benzene rings is 1. The summed E-state index contributed by atoms with van der Waals surface area (Å²) in [6.45, 7) is 0.781. The number of rotatable bonds is 9. The zero-order valence-electron chi connectivity index (χ0n) is 12.9. The van der Waals surface area contributed by atoms with Gasteiger partial charge in [-0.15, -0.1) is 0 Å². The molecule has 0 spiro atoms. The molecule has 2 rings (SSSR count). The van der Waals surface area contributed by atoms with Crippen molar-refractivity contribution in [3.63, 3.8) is 0 Å². The van der Waals surface area contributed by atoms with Crippen molar-refractivity contribution in [2.45, 2.75) is 6.54 Å². The normalized spacial score (nSPS) is 11.9. The fraction of sp³-hybridized carbons (Fsp3) is 0.400. The van der Waals surface area contributed by atoms with Gasteiger partial charge in [0.2, 0.25) is 10.0 Å². The van der Waals surface area contributed by atoms with Crippen molar-refractivity contribution in [2.75, 3.05) is 32.7 Å². The smallest absolute Gasteiger partial charge is 0.252 e. The van der Waals surface area contributed by atoms with E-state index in [1.54, 1.807) is 19.2 Å². The predicted octanol–water partition coefficient (Wildman–Crippen LogP) is 0.611. The number of fused-ring (bicyclic) bond motifs is 1. The molecular weight excluding hydrogens is 320 g/mol. The van der Waals surface area contributed by atoms with Crippen LogP contribution in [0.4, 0.5) is 0 Å². The lowest BCUT2D eigenvalue weighted by Gasteiger charge is -2.08. The Bertz CT molecular complexity index is 801. The van der Waals surface area contributed by atoms with Gasteiger partial charge in [0.05, 0.1) is 25.6 Å². The molecule has 0 atom stereocenters. The SMILES string of the molecule is COCCOCCS(=O)(=O)NCc1cc2ccccc2[nH]c1=O. The van der Waals surface area contributed by atoms with Crippen molar-refractivity contribution < 1.29 is 17.9 Å². The van der Waals surface area contributed by atoms with Gasteiger partial charge >= 0.3 is 0 Å². The second-order valence-corrected chi connectivity index (χ2v) is 6.88. The van der Waals surface area contributed by atoms with Gasteiger partial charge in [0.25, 0.3) is 5.56 Å². The maximum absolute atomic E-state index is 12.0. The fourth-order valence-corrected chi connectivity index (χ4v) is 2.85. The lowest BCUT2D eigenvalue weighted by molar-refractivity contribution is 0.0784. The van der Waals surface area contributed by atoms with E-state index < -0.39 is 10.0 Å². The van der Waals surface area contributed by atoms with Crippen LogP contribution in [-0.2, 0) is 26.0 Å². The highest BCUT2D eigenvalue weighted by Gasteiger charge is 2.11. The first-order chi connectivity index (χ1) is 11.0. The number of aromatic nitrogens is 1. The Balaban J connectivity index is 1.94. The summed E-state index contributed by atoms with van der Waals surface area (Å²) in [4.78, 5) is 14.7. The fourth-order valence-electron chi connectivity index (χ4n) is 2.00. The van der Waals surface area contributed by atoms with Gasteiger partial charge < -0.3 is 14.5 Å². The first kappa shape index (κ1) is 17.6. The molecular formula is C15H20N2O5S. The second-order valence-electron chi connectivity index (χ2n) is 4.96. The predicted molar refractivity (Wildman–Crippen MR) is 87.9 cm³/mol. The van der Waals surface area contributed by atoms with Crippen LogP contribution in [-0.4, -0.2) is 46.1 Å². The summed E-state index contributed by atoms with van der Waals surface area (Å²) >= 11 is 0. The van der Waals surface area contributed by atoms with E-state index in [9.17, 15) is 13.2 Å². The Labute approximate surface area is 134 Å². The Kier molecular flexibility index (Phi) is 6.28. The average molecular weight is 340 g/mol. The van der Waals surface area contributed by atoms with Gasteiger partial charge in [-0.05, 0) is 17.5 Å². The molecule has 23 heavy (non-hydrogen) atoms. The molecule has 0 saturated carbocycles. The number of aromatic amines is 1. The van der Waals surface area contributed by atoms with Crippen LogP contribution in [0.3, 0.4) is 0 Å². The van der Waals surface area contributed by atoms with Crippen molar-refractivity contribution in [1.29, 1.82) is 0 Å². The van der Waals surface area contributed by atoms with Crippen molar-refractivity contribution in [1.82, 2.24) is 9.71 Å². The van der Waals surface area contributed by atoms with Crippen molar-refractivity contribution in [3.05, 3.63) is 46.2 Å². The zero-order chi connectivity index (χ0) is 16.7. The number of pyridine rings is 1. The highest BCUT2D eigenvalue weighted by atomic mass is 32.2. The number of methoxy groups -OCH3 is 1. The summed E-state index contributed by atoms with van der Waals surface area (Å²) < 4.78 is 36.1. The number of para-hydroxylation sites is 1. The summed E-state index contributed by atoms with van der Waals surface area (Å²) in [7, 11) is -1.96. The van der Waals surface area contributed by atoms with Crippen LogP contribution in [0.5, 0.6) is 0 Å². The number of nitrogens with one attached hydrogen (secondary N) is 2. The standard InChI is InChI=1S/C15H20N2O5S/c1-21-6-7-22-8-9-23(19,20)16-11-13-10-12-4-2-3-5-14(12)17-15(13)18/h2-5,10,16H,6-9,11H2,1H3,(H,17,18). The largest absolute Gasteiger partial charge is 0.382 e. The summed E-state index contributed by atoms with van der Waals surface area (Å²) in [5.74, 6) is -0.164. The zero-order valence-corrected chi connectivity index (χ0v) is 13.7. The molecule has 1 aromatic heterocycles. The van der Waals surface area contributed by atoms with Crippen LogP contribution in [0.15, 0.2) is 35.1 Å². The molecule has 0 saturated heterocycles. The molecule has 0 bridgehead atoms. The summed E-state index contributed by atoms with van der Waals surface area (Å²) in [5, 5.41) is 0.851. The van der Waals surface area contributed by atoms with E-state index in [0.717, 1.165) is 10.9 Å². The maximum atomic E-state index is 12.0. The molecule has 2 N–H and O–H groups in total. The van der Waals surface area contributed by atoms with Crippen LogP contribution < -0.4 is 10.3 Å². The average Bonchev–Trinajstić information content (AvgIpc) is 2.52. The molecule has 0 radical (unpaired) electrons. The maximum Gasteiger partial charge on any atom is 0.252 e. The van der Waals surface area contributed by atoms with Crippen LogP contribution in [0.2, 0.25) is 0 Å². The van der Waals surface area contributed by atoms with E-state index in [4.69, 9.17) is 9.47 Å². The van der Waals surface area contributed by atoms with Gasteiger partial charge in [-0.2, -0.15) is 0 Å². The van der Waals surface area contributed by atoms with E-state index in [2.05, 4.69) is 9.71 Å². The molecule has 8 heteroatoms. The molecule has 0 aliphatic carbocycles. The van der Waals surface area contributed by atoms with Crippen molar-refractivity contribution >= 4 is 20.9 Å². The third kappa shape index (κ3) is 5.43. The van der Waals surface area contributed by atoms with Crippen LogP contribution >= 0.6 is 0 Å². The molecule has 1 aromatic carbocycles. The van der Waals surface area contributed by atoms with Crippen molar-refractivity contribution in [3.8, 4) is 0 Å². The van der Waals surface area contributed by atoms with Gasteiger partial charge in [-0.25, -0.2) is 13.1 Å². The monoisotopic (exact) mass is 340 g/mol. The number of sulfonamides is 1. The first-order valence-corrected chi connectivity index (χ1v) is 8.82. The van der Waals surface area contributed by atoms with E-state index >= 15 is 0 Å². The number of hydrogen-bond donors (Lipinski definition) is 2.